The third-order valence-corrected chi connectivity index (χ3v) is 10.6. The van der Waals surface area contributed by atoms with Crippen molar-refractivity contribution in [3.05, 3.63) is 200 Å². The van der Waals surface area contributed by atoms with Gasteiger partial charge in [-0.25, -0.2) is 19.9 Å². The summed E-state index contributed by atoms with van der Waals surface area (Å²) >= 11 is 0. The Kier molecular flexibility index (Phi) is 9.78. The zero-order valence-electron chi connectivity index (χ0n) is 32.7. The molecular formula is C52H33N7OPt+2. The second-order valence-electron chi connectivity index (χ2n) is 14.5. The third kappa shape index (κ3) is 6.94. The van der Waals surface area contributed by atoms with Gasteiger partial charge in [0.25, 0.3) is 11.4 Å². The molecule has 0 saturated heterocycles. The molecule has 0 radical (unpaired) electrons. The molecule has 4 heterocycles. The maximum absolute atomic E-state index is 6.95. The summed E-state index contributed by atoms with van der Waals surface area (Å²) in [6.45, 7) is 2.09. The van der Waals surface area contributed by atoms with E-state index in [0.717, 1.165) is 61.5 Å². The zero-order valence-corrected chi connectivity index (χ0v) is 34.9. The van der Waals surface area contributed by atoms with E-state index in [4.69, 9.17) is 24.7 Å². The van der Waals surface area contributed by atoms with E-state index in [-0.39, 0.29) is 21.1 Å². The summed E-state index contributed by atoms with van der Waals surface area (Å²) in [5.74, 6) is 3.22. The number of ether oxygens (including phenoxy) is 1. The standard InChI is InChI=1S/C52H33N7O.Pt/c1-35-26-28-38(29-27-35)57-34-58(46-24-11-10-23-45(46)57)39-19-14-20-40(31-39)60-48-33-47-42(41-21-8-9-22-44(41)59(47)49-25-12-13-30-53-49)32-43(48)52-55-50(36-15-4-2-5-16-36)54-51(56-52)37-17-6-3-7-18-37;/h2-30,32H,1H3;/q;+2. The van der Waals surface area contributed by atoms with Crippen molar-refractivity contribution in [2.24, 2.45) is 0 Å². The van der Waals surface area contributed by atoms with E-state index >= 15 is 0 Å². The number of fused-ring (bicyclic) bond motifs is 4. The van der Waals surface area contributed by atoms with Crippen molar-refractivity contribution in [1.82, 2.24) is 33.7 Å². The Morgan fingerprint density at radius 1 is 0.574 bits per heavy atom. The van der Waals surface area contributed by atoms with Gasteiger partial charge in [-0.15, -0.1) is 23.6 Å². The van der Waals surface area contributed by atoms with Crippen LogP contribution < -0.4 is 13.9 Å². The first-order valence-corrected chi connectivity index (χ1v) is 19.7. The summed E-state index contributed by atoms with van der Waals surface area (Å²) in [5.41, 5.74) is 9.15. The van der Waals surface area contributed by atoms with Crippen LogP contribution in [0.15, 0.2) is 182 Å². The van der Waals surface area contributed by atoms with Gasteiger partial charge in [0, 0.05) is 58.6 Å². The molecule has 0 spiro atoms. The zero-order chi connectivity index (χ0) is 40.0. The Balaban J connectivity index is 0.00000445. The van der Waals surface area contributed by atoms with Crippen molar-refractivity contribution < 1.29 is 25.8 Å². The molecule has 290 valence electrons. The fraction of sp³-hybridized carbons (Fsp3) is 0.0192. The molecular weight excluding hydrogens is 934 g/mol. The first-order valence-electron chi connectivity index (χ1n) is 19.7. The van der Waals surface area contributed by atoms with Crippen LogP contribution in [-0.4, -0.2) is 30.5 Å². The molecule has 3 aromatic heterocycles. The molecule has 0 fully saturated rings. The summed E-state index contributed by atoms with van der Waals surface area (Å²) in [5, 5.41) is 1.99. The molecule has 0 saturated carbocycles. The van der Waals surface area contributed by atoms with Crippen LogP contribution in [0.2, 0.25) is 0 Å². The average molecular weight is 967 g/mol. The summed E-state index contributed by atoms with van der Waals surface area (Å²) in [7, 11) is 0. The van der Waals surface area contributed by atoms with Gasteiger partial charge in [-0.1, -0.05) is 137 Å². The van der Waals surface area contributed by atoms with E-state index < -0.39 is 0 Å². The van der Waals surface area contributed by atoms with Crippen LogP contribution in [0.3, 0.4) is 0 Å². The van der Waals surface area contributed by atoms with Crippen LogP contribution in [0.1, 0.15) is 5.56 Å². The number of para-hydroxylation sites is 3. The van der Waals surface area contributed by atoms with Gasteiger partial charge in [0.2, 0.25) is 5.69 Å². The average Bonchev–Trinajstić information content (AvgIpc) is 3.86. The third-order valence-electron chi connectivity index (χ3n) is 10.6. The first kappa shape index (κ1) is 37.6. The van der Waals surface area contributed by atoms with Crippen LogP contribution in [0.25, 0.3) is 61.8 Å². The molecule has 0 amide bonds. The predicted octanol–water partition coefficient (Wildman–Crippen LogP) is 11.9. The minimum Gasteiger partial charge on any atom is -0.508 e. The normalized spacial score (nSPS) is 11.8. The van der Waals surface area contributed by atoms with Gasteiger partial charge in [-0.05, 0) is 40.6 Å². The largest absolute Gasteiger partial charge is 2.00 e. The van der Waals surface area contributed by atoms with Gasteiger partial charge >= 0.3 is 27.1 Å². The van der Waals surface area contributed by atoms with Gasteiger partial charge in [-0.3, -0.25) is 0 Å². The monoisotopic (exact) mass is 966 g/mol. The number of benzene rings is 7. The molecule has 61 heavy (non-hydrogen) atoms. The van der Waals surface area contributed by atoms with Crippen molar-refractivity contribution in [1.29, 1.82) is 0 Å². The molecule has 1 aliphatic rings. The smallest absolute Gasteiger partial charge is 0.508 e. The van der Waals surface area contributed by atoms with E-state index in [9.17, 15) is 0 Å². The molecule has 0 N–H and O–H groups in total. The van der Waals surface area contributed by atoms with Crippen LogP contribution in [0, 0.1) is 19.1 Å². The van der Waals surface area contributed by atoms with E-state index in [2.05, 4.69) is 88.8 Å². The van der Waals surface area contributed by atoms with Crippen LogP contribution in [0.5, 0.6) is 11.5 Å². The molecule has 11 rings (SSSR count). The number of hydrogen-bond acceptors (Lipinski definition) is 5. The van der Waals surface area contributed by atoms with Gasteiger partial charge in [0.15, 0.2) is 11.6 Å². The Bertz CT molecular complexity index is 3270. The summed E-state index contributed by atoms with van der Waals surface area (Å²) in [4.78, 5) is 20.0. The summed E-state index contributed by atoms with van der Waals surface area (Å²) in [6, 6.07) is 69.6. The molecule has 1 aliphatic heterocycles. The Morgan fingerprint density at radius 3 is 1.92 bits per heavy atom. The molecule has 0 aliphatic carbocycles. The van der Waals surface area contributed by atoms with Crippen molar-refractivity contribution in [3.63, 3.8) is 0 Å². The number of rotatable bonds is 8. The van der Waals surface area contributed by atoms with E-state index in [0.29, 0.717) is 34.5 Å². The van der Waals surface area contributed by atoms with Crippen LogP contribution in [0.4, 0.5) is 22.7 Å². The molecule has 0 bridgehead atoms. The maximum atomic E-state index is 6.95. The van der Waals surface area contributed by atoms with Gasteiger partial charge < -0.3 is 9.30 Å². The van der Waals surface area contributed by atoms with Crippen LogP contribution >= 0.6 is 0 Å². The number of aromatic nitrogens is 5. The molecule has 0 unspecified atom stereocenters. The van der Waals surface area contributed by atoms with Gasteiger partial charge in [0.05, 0.1) is 0 Å². The quantitative estimate of drug-likeness (QED) is 0.112. The van der Waals surface area contributed by atoms with Crippen molar-refractivity contribution in [2.45, 2.75) is 6.92 Å². The van der Waals surface area contributed by atoms with E-state index in [1.54, 1.807) is 6.20 Å². The van der Waals surface area contributed by atoms with E-state index in [1.165, 1.54) is 5.56 Å². The van der Waals surface area contributed by atoms with Crippen molar-refractivity contribution >= 4 is 50.6 Å². The Morgan fingerprint density at radius 2 is 1.21 bits per heavy atom. The maximum Gasteiger partial charge on any atom is 2.00 e. The number of nitrogens with zero attached hydrogens (tertiary/aromatic N) is 7. The minimum atomic E-state index is 0. The van der Waals surface area contributed by atoms with Crippen molar-refractivity contribution in [2.75, 3.05) is 0 Å². The fourth-order valence-corrected chi connectivity index (χ4v) is 7.68. The fourth-order valence-electron chi connectivity index (χ4n) is 7.68. The summed E-state index contributed by atoms with van der Waals surface area (Å²) in [6.07, 6.45) is 1.80. The number of pyridine rings is 1. The van der Waals surface area contributed by atoms with Crippen molar-refractivity contribution in [3.8, 4) is 51.5 Å². The van der Waals surface area contributed by atoms with E-state index in [1.807, 2.05) is 126 Å². The first-order chi connectivity index (χ1) is 29.6. The predicted molar refractivity (Wildman–Crippen MR) is 238 cm³/mol. The number of hydrogen-bond donors (Lipinski definition) is 0. The molecule has 8 nitrogen and oxygen atoms in total. The van der Waals surface area contributed by atoms with Gasteiger partial charge in [0.1, 0.15) is 17.3 Å². The number of aryl methyl sites for hydroxylation is 1. The van der Waals surface area contributed by atoms with Gasteiger partial charge in [-0.2, -0.15) is 6.07 Å². The topological polar surface area (TPSA) is 71.7 Å². The second-order valence-corrected chi connectivity index (χ2v) is 14.5. The summed E-state index contributed by atoms with van der Waals surface area (Å²) < 4.78 is 13.1. The second kappa shape index (κ2) is 15.9. The minimum absolute atomic E-state index is 0. The molecule has 0 atom stereocenters. The molecule has 10 aromatic rings. The molecule has 9 heteroatoms. The Labute approximate surface area is 366 Å². The van der Waals surface area contributed by atoms with Crippen LogP contribution in [-0.2, 0) is 21.1 Å². The Hall–Kier alpha value is -7.63. The molecule has 7 aromatic carbocycles. The SMILES string of the molecule is Cc1ccc([N+]2=C=[N+](c3[c-]c(Oc4[c-]c5c(cc4-c4nc(-c6ccccc6)nc(-c6ccccc6)n4)c4ccccc4n5-c4ccccn4)ccc3)c3ccccc32)cc1.[Pt+2].